The molecular formula is C15H15F3N2O2. The van der Waals surface area contributed by atoms with Crippen molar-refractivity contribution in [1.29, 1.82) is 0 Å². The summed E-state index contributed by atoms with van der Waals surface area (Å²) in [5.41, 5.74) is 1.87. The van der Waals surface area contributed by atoms with Crippen LogP contribution in [0, 0.1) is 13.8 Å². The maximum absolute atomic E-state index is 12.8. The second-order valence-corrected chi connectivity index (χ2v) is 4.96. The molecule has 0 amide bonds. The van der Waals surface area contributed by atoms with E-state index in [4.69, 9.17) is 4.74 Å². The van der Waals surface area contributed by atoms with Crippen molar-refractivity contribution in [3.63, 3.8) is 0 Å². The minimum atomic E-state index is -4.44. The molecule has 7 heteroatoms. The molecule has 2 aromatic rings. The third-order valence-corrected chi connectivity index (χ3v) is 3.48. The van der Waals surface area contributed by atoms with E-state index in [0.717, 1.165) is 29.1 Å². The lowest BCUT2D eigenvalue weighted by Crippen LogP contribution is -2.11. The lowest BCUT2D eigenvalue weighted by atomic mass is 9.98. The maximum Gasteiger partial charge on any atom is 0.416 e. The largest absolute Gasteiger partial charge is 0.459 e. The molecule has 4 nitrogen and oxygen atoms in total. The van der Waals surface area contributed by atoms with Crippen LogP contribution >= 0.6 is 0 Å². The summed E-state index contributed by atoms with van der Waals surface area (Å²) in [6, 6.07) is 4.79. The van der Waals surface area contributed by atoms with Crippen molar-refractivity contribution in [2.45, 2.75) is 32.5 Å². The van der Waals surface area contributed by atoms with Crippen molar-refractivity contribution < 1.29 is 22.7 Å². The van der Waals surface area contributed by atoms with Gasteiger partial charge in [0.2, 0.25) is 0 Å². The average Bonchev–Trinajstić information content (AvgIpc) is 2.78. The molecule has 0 saturated carbocycles. The zero-order valence-corrected chi connectivity index (χ0v) is 12.1. The van der Waals surface area contributed by atoms with E-state index in [1.54, 1.807) is 13.8 Å². The Kier molecular flexibility index (Phi) is 4.54. The first-order valence-corrected chi connectivity index (χ1v) is 6.59. The van der Waals surface area contributed by atoms with Crippen molar-refractivity contribution in [3.8, 4) is 0 Å². The SMILES string of the molecule is Cc1n[nH]c(C)c1CC(OC=O)c1cccc(C(F)(F)F)c1. The zero-order chi connectivity index (χ0) is 16.3. The smallest absolute Gasteiger partial charge is 0.416 e. The van der Waals surface area contributed by atoms with Crippen LogP contribution in [0.2, 0.25) is 0 Å². The molecule has 118 valence electrons. The first-order chi connectivity index (χ1) is 10.3. The predicted molar refractivity (Wildman–Crippen MR) is 73.1 cm³/mol. The normalized spacial score (nSPS) is 13.0. The van der Waals surface area contributed by atoms with Crippen molar-refractivity contribution in [2.24, 2.45) is 0 Å². The van der Waals surface area contributed by atoms with Gasteiger partial charge in [-0.15, -0.1) is 0 Å². The van der Waals surface area contributed by atoms with Gasteiger partial charge in [0.1, 0.15) is 6.10 Å². The van der Waals surface area contributed by atoms with Crippen LogP contribution in [0.3, 0.4) is 0 Å². The van der Waals surface area contributed by atoms with Gasteiger partial charge in [0.25, 0.3) is 6.47 Å². The Morgan fingerprint density at radius 2 is 2.09 bits per heavy atom. The Labute approximate surface area is 125 Å². The number of alkyl halides is 3. The second kappa shape index (κ2) is 6.21. The van der Waals surface area contributed by atoms with E-state index in [1.807, 2.05) is 0 Å². The predicted octanol–water partition coefficient (Wildman–Crippen LogP) is 3.50. The van der Waals surface area contributed by atoms with Crippen molar-refractivity contribution >= 4 is 6.47 Å². The molecule has 0 radical (unpaired) electrons. The van der Waals surface area contributed by atoms with Crippen LogP contribution in [0.4, 0.5) is 13.2 Å². The summed E-state index contributed by atoms with van der Waals surface area (Å²) < 4.78 is 43.4. The van der Waals surface area contributed by atoms with Crippen LogP contribution in [-0.4, -0.2) is 16.7 Å². The lowest BCUT2D eigenvalue weighted by molar-refractivity contribution is -0.137. The summed E-state index contributed by atoms with van der Waals surface area (Å²) >= 11 is 0. The fraction of sp³-hybridized carbons (Fsp3) is 0.333. The quantitative estimate of drug-likeness (QED) is 0.860. The molecule has 2 rings (SSSR count). The molecule has 22 heavy (non-hydrogen) atoms. The van der Waals surface area contributed by atoms with Crippen molar-refractivity contribution in [3.05, 3.63) is 52.3 Å². The summed E-state index contributed by atoms with van der Waals surface area (Å²) in [4.78, 5) is 10.7. The topological polar surface area (TPSA) is 55.0 Å². The third kappa shape index (κ3) is 3.47. The molecule has 0 bridgehead atoms. The molecule has 1 heterocycles. The summed E-state index contributed by atoms with van der Waals surface area (Å²) in [6.45, 7) is 3.83. The standard InChI is InChI=1S/C15H15F3N2O2/c1-9-13(10(2)20-19-9)7-14(22-8-21)11-4-3-5-12(6-11)15(16,17)18/h3-6,8,14H,7H2,1-2H3,(H,19,20). The van der Waals surface area contributed by atoms with E-state index < -0.39 is 17.8 Å². The Morgan fingerprint density at radius 3 is 2.64 bits per heavy atom. The molecule has 0 aliphatic heterocycles. The number of ether oxygens (including phenoxy) is 1. The van der Waals surface area contributed by atoms with Gasteiger partial charge in [0.05, 0.1) is 11.3 Å². The number of H-pyrrole nitrogens is 1. The minimum Gasteiger partial charge on any atom is -0.459 e. The third-order valence-electron chi connectivity index (χ3n) is 3.48. The number of nitrogens with one attached hydrogen (secondary N) is 1. The van der Waals surface area contributed by atoms with E-state index in [1.165, 1.54) is 12.1 Å². The summed E-state index contributed by atoms with van der Waals surface area (Å²) in [6.07, 6.45) is -4.98. The number of benzene rings is 1. The average molecular weight is 312 g/mol. The van der Waals surface area contributed by atoms with Crippen molar-refractivity contribution in [2.75, 3.05) is 0 Å². The first kappa shape index (κ1) is 16.1. The molecule has 1 atom stereocenters. The van der Waals surface area contributed by atoms with Gasteiger partial charge in [-0.3, -0.25) is 9.89 Å². The first-order valence-electron chi connectivity index (χ1n) is 6.59. The van der Waals surface area contributed by atoms with Crippen LogP contribution in [0.1, 0.15) is 34.2 Å². The van der Waals surface area contributed by atoms with Crippen LogP contribution in [-0.2, 0) is 22.1 Å². The monoisotopic (exact) mass is 312 g/mol. The number of hydrogen-bond acceptors (Lipinski definition) is 3. The molecule has 0 saturated heterocycles. The summed E-state index contributed by atoms with van der Waals surface area (Å²) in [5.74, 6) is 0. The number of carbonyl (C=O) groups is 1. The number of aromatic nitrogens is 2. The van der Waals surface area contributed by atoms with E-state index in [0.29, 0.717) is 5.56 Å². The summed E-state index contributed by atoms with van der Waals surface area (Å²) in [5, 5.41) is 6.83. The highest BCUT2D eigenvalue weighted by Crippen LogP contribution is 2.32. The number of rotatable bonds is 5. The van der Waals surface area contributed by atoms with E-state index >= 15 is 0 Å². The number of halogens is 3. The van der Waals surface area contributed by atoms with Crippen LogP contribution in [0.15, 0.2) is 24.3 Å². The second-order valence-electron chi connectivity index (χ2n) is 4.96. The number of nitrogens with zero attached hydrogens (tertiary/aromatic N) is 1. The molecular weight excluding hydrogens is 297 g/mol. The Balaban J connectivity index is 2.34. The Hall–Kier alpha value is -2.31. The van der Waals surface area contributed by atoms with Gasteiger partial charge < -0.3 is 4.74 Å². The van der Waals surface area contributed by atoms with Gasteiger partial charge in [-0.1, -0.05) is 12.1 Å². The van der Waals surface area contributed by atoms with Gasteiger partial charge in [-0.05, 0) is 37.1 Å². The molecule has 0 fully saturated rings. The van der Waals surface area contributed by atoms with Gasteiger partial charge >= 0.3 is 6.18 Å². The Bertz CT molecular complexity index is 646. The number of aryl methyl sites for hydroxylation is 2. The molecule has 0 aliphatic carbocycles. The fourth-order valence-corrected chi connectivity index (χ4v) is 2.29. The fourth-order valence-electron chi connectivity index (χ4n) is 2.29. The zero-order valence-electron chi connectivity index (χ0n) is 12.1. The van der Waals surface area contributed by atoms with Crippen LogP contribution in [0.5, 0.6) is 0 Å². The lowest BCUT2D eigenvalue weighted by Gasteiger charge is -2.17. The van der Waals surface area contributed by atoms with Crippen molar-refractivity contribution in [1.82, 2.24) is 10.2 Å². The number of carbonyl (C=O) groups excluding carboxylic acids is 1. The highest BCUT2D eigenvalue weighted by Gasteiger charge is 2.31. The molecule has 1 aromatic carbocycles. The number of aromatic amines is 1. The molecule has 1 aromatic heterocycles. The minimum absolute atomic E-state index is 0.246. The highest BCUT2D eigenvalue weighted by molar-refractivity contribution is 5.40. The van der Waals surface area contributed by atoms with Gasteiger partial charge in [-0.25, -0.2) is 0 Å². The molecule has 1 unspecified atom stereocenters. The molecule has 0 spiro atoms. The van der Waals surface area contributed by atoms with E-state index in [9.17, 15) is 18.0 Å². The van der Waals surface area contributed by atoms with Crippen LogP contribution < -0.4 is 0 Å². The van der Waals surface area contributed by atoms with E-state index in [-0.39, 0.29) is 12.9 Å². The number of hydrogen-bond donors (Lipinski definition) is 1. The maximum atomic E-state index is 12.8. The van der Waals surface area contributed by atoms with Gasteiger partial charge in [0, 0.05) is 12.1 Å². The summed E-state index contributed by atoms with van der Waals surface area (Å²) in [7, 11) is 0. The molecule has 0 aliphatic rings. The van der Waals surface area contributed by atoms with Gasteiger partial charge in [0.15, 0.2) is 0 Å². The van der Waals surface area contributed by atoms with Crippen LogP contribution in [0.25, 0.3) is 0 Å². The Morgan fingerprint density at radius 1 is 1.36 bits per heavy atom. The molecule has 1 N–H and O–H groups in total. The van der Waals surface area contributed by atoms with Gasteiger partial charge in [-0.2, -0.15) is 18.3 Å². The highest BCUT2D eigenvalue weighted by atomic mass is 19.4. The van der Waals surface area contributed by atoms with E-state index in [2.05, 4.69) is 10.2 Å².